The van der Waals surface area contributed by atoms with E-state index in [1.165, 1.54) is 0 Å². The molecule has 0 N–H and O–H groups in total. The molecule has 0 saturated carbocycles. The van der Waals surface area contributed by atoms with Crippen molar-refractivity contribution in [1.29, 1.82) is 0 Å². The fourth-order valence-electron chi connectivity index (χ4n) is 0.523. The van der Waals surface area contributed by atoms with Gasteiger partial charge in [-0.05, 0) is 0 Å². The van der Waals surface area contributed by atoms with Gasteiger partial charge in [0.05, 0.1) is 13.2 Å². The molecule has 104 valence electrons. The van der Waals surface area contributed by atoms with Gasteiger partial charge in [-0.3, -0.25) is 0 Å². The molecule has 0 aliphatic carbocycles. The monoisotopic (exact) mass is 244 g/mol. The van der Waals surface area contributed by atoms with Crippen LogP contribution in [0.2, 0.25) is 6.55 Å². The van der Waals surface area contributed by atoms with Crippen LogP contribution in [0, 0.1) is 0 Å². The number of ether oxygens (including phenoxy) is 2. The first kappa shape index (κ1) is 45.7. The molecular formula is C12H40O2Si. The molecule has 1 unspecified atom stereocenters. The quantitative estimate of drug-likeness (QED) is 0.423. The topological polar surface area (TPSA) is 21.8 Å². The second-order valence-electron chi connectivity index (χ2n) is 2.03. The van der Waals surface area contributed by atoms with Crippen LogP contribution in [-0.4, -0.2) is 35.1 Å². The van der Waals surface area contributed by atoms with Gasteiger partial charge in [0.2, 0.25) is 0 Å². The molecule has 1 heterocycles. The molecule has 1 aliphatic rings. The second kappa shape index (κ2) is 29.2. The largest absolute Gasteiger partial charge is 0.383 e. The summed E-state index contributed by atoms with van der Waals surface area (Å²) in [6, 6.07) is 0. The maximum absolute atomic E-state index is 5.24. The summed E-state index contributed by atoms with van der Waals surface area (Å²) in [4.78, 5) is 0. The lowest BCUT2D eigenvalue weighted by Crippen LogP contribution is -2.05. The van der Waals surface area contributed by atoms with Crippen molar-refractivity contribution in [3.05, 3.63) is 0 Å². The van der Waals surface area contributed by atoms with E-state index in [-0.39, 0.29) is 61.5 Å². The molecule has 0 aromatic heterocycles. The van der Waals surface area contributed by atoms with Crippen LogP contribution in [0.1, 0.15) is 52.0 Å². The van der Waals surface area contributed by atoms with Crippen LogP contribution in [0.5, 0.6) is 0 Å². The Labute approximate surface area is 104 Å². The normalized spacial score (nSPS) is 14.6. The Kier molecular flexibility index (Phi) is 89.0. The van der Waals surface area contributed by atoms with E-state index in [2.05, 4.69) is 6.55 Å². The van der Waals surface area contributed by atoms with Crippen LogP contribution in [0.25, 0.3) is 0 Å². The van der Waals surface area contributed by atoms with E-state index >= 15 is 0 Å². The Morgan fingerprint density at radius 3 is 1.73 bits per heavy atom. The molecule has 1 saturated heterocycles. The smallest absolute Gasteiger partial charge is 0.104 e. The highest BCUT2D eigenvalue weighted by molar-refractivity contribution is 6.33. The summed E-state index contributed by atoms with van der Waals surface area (Å²) in [6.07, 6.45) is 1.47. The van der Waals surface area contributed by atoms with Crippen molar-refractivity contribution in [3.63, 3.8) is 0 Å². The predicted molar refractivity (Wildman–Crippen MR) is 82.1 cm³/mol. The zero-order chi connectivity index (χ0) is 5.82. The van der Waals surface area contributed by atoms with Crippen molar-refractivity contribution in [2.24, 2.45) is 0 Å². The minimum atomic E-state index is 0. The van der Waals surface area contributed by atoms with Gasteiger partial charge < -0.3 is 9.47 Å². The van der Waals surface area contributed by atoms with Gasteiger partial charge >= 0.3 is 0 Å². The summed E-state index contributed by atoms with van der Waals surface area (Å²) in [6.45, 7) is 4.00. The Hall–Kier alpha value is 0.137. The fraction of sp³-hybridized carbons (Fsp3) is 1.00. The van der Waals surface area contributed by atoms with Crippen LogP contribution in [0.3, 0.4) is 0 Å². The third kappa shape index (κ3) is 31.5. The minimum Gasteiger partial charge on any atom is -0.383 e. The first-order valence-corrected chi connectivity index (χ1v) is 5.54. The molecular weight excluding hydrogens is 204 g/mol. The molecule has 15 heavy (non-hydrogen) atoms. The average Bonchev–Trinajstić information content (AvgIpc) is 2.51. The highest BCUT2D eigenvalue weighted by atomic mass is 28.2. The Balaban J connectivity index is -0.0000000183. The first-order valence-electron chi connectivity index (χ1n) is 3.13. The minimum absolute atomic E-state index is 0. The molecule has 2 nitrogen and oxygen atoms in total. The summed E-state index contributed by atoms with van der Waals surface area (Å²) in [5.41, 5.74) is 0. The zero-order valence-electron chi connectivity index (χ0n) is 5.22. The highest BCUT2D eigenvalue weighted by Crippen LogP contribution is 2.07. The van der Waals surface area contributed by atoms with Crippen LogP contribution in [0.15, 0.2) is 0 Å². The third-order valence-corrected chi connectivity index (χ3v) is 1.75. The molecule has 1 rings (SSSR count). The number of rotatable bonds is 4. The Morgan fingerprint density at radius 2 is 1.47 bits per heavy atom. The zero-order valence-corrected chi connectivity index (χ0v) is 6.64. The van der Waals surface area contributed by atoms with Crippen molar-refractivity contribution >= 4 is 9.52 Å². The van der Waals surface area contributed by atoms with E-state index in [4.69, 9.17) is 9.47 Å². The Morgan fingerprint density at radius 1 is 1.07 bits per heavy atom. The molecule has 0 radical (unpaired) electrons. The molecule has 1 aliphatic heterocycles. The van der Waals surface area contributed by atoms with Crippen LogP contribution in [-0.2, 0) is 9.47 Å². The SMILES string of the molecule is C.C.C.C.C.C.C.C[SiH2]COCC1CO1. The summed E-state index contributed by atoms with van der Waals surface area (Å²) in [5, 5.41) is 0. The van der Waals surface area contributed by atoms with Crippen molar-refractivity contribution in [1.82, 2.24) is 0 Å². The number of hydrogen-bond acceptors (Lipinski definition) is 2. The molecule has 0 amide bonds. The van der Waals surface area contributed by atoms with Gasteiger partial charge in [0.1, 0.15) is 6.10 Å². The molecule has 1 fully saturated rings. The van der Waals surface area contributed by atoms with Gasteiger partial charge in [-0.1, -0.05) is 58.5 Å². The third-order valence-electron chi connectivity index (χ3n) is 1.05. The molecule has 0 aromatic rings. The maximum atomic E-state index is 5.24. The van der Waals surface area contributed by atoms with Gasteiger partial charge in [0.25, 0.3) is 0 Å². The molecule has 1 atom stereocenters. The van der Waals surface area contributed by atoms with Crippen LogP contribution in [0.4, 0.5) is 0 Å². The maximum Gasteiger partial charge on any atom is 0.104 e. The van der Waals surface area contributed by atoms with E-state index in [1.54, 1.807) is 0 Å². The Bertz CT molecular complexity index is 66.6. The number of hydrogen-bond donors (Lipinski definition) is 0. The summed E-state index contributed by atoms with van der Waals surface area (Å²) in [5.74, 6) is 0. The lowest BCUT2D eigenvalue weighted by atomic mass is 10.5. The van der Waals surface area contributed by atoms with E-state index < -0.39 is 0 Å². The predicted octanol–water partition coefficient (Wildman–Crippen LogP) is 4.03. The van der Waals surface area contributed by atoms with Gasteiger partial charge in [0, 0.05) is 15.7 Å². The summed E-state index contributed by atoms with van der Waals surface area (Å²) < 4.78 is 10.2. The van der Waals surface area contributed by atoms with Gasteiger partial charge in [0.15, 0.2) is 0 Å². The van der Waals surface area contributed by atoms with E-state index in [1.807, 2.05) is 0 Å². The van der Waals surface area contributed by atoms with Crippen molar-refractivity contribution in [2.45, 2.75) is 64.6 Å². The second-order valence-corrected chi connectivity index (χ2v) is 3.44. The molecule has 0 bridgehead atoms. The average molecular weight is 245 g/mol. The van der Waals surface area contributed by atoms with E-state index in [0.717, 1.165) is 19.4 Å². The lowest BCUT2D eigenvalue weighted by molar-refractivity contribution is 0.153. The van der Waals surface area contributed by atoms with E-state index in [0.29, 0.717) is 6.10 Å². The van der Waals surface area contributed by atoms with Crippen molar-refractivity contribution in [2.75, 3.05) is 19.4 Å². The fourth-order valence-corrected chi connectivity index (χ4v) is 0.979. The van der Waals surface area contributed by atoms with Gasteiger partial charge in [-0.2, -0.15) is 0 Å². The highest BCUT2D eigenvalue weighted by Gasteiger charge is 2.21. The number of epoxide rings is 1. The lowest BCUT2D eigenvalue weighted by Gasteiger charge is -1.95. The summed E-state index contributed by atoms with van der Waals surface area (Å²) >= 11 is 0. The van der Waals surface area contributed by atoms with Crippen molar-refractivity contribution < 1.29 is 9.47 Å². The first-order chi connectivity index (χ1) is 3.93. The van der Waals surface area contributed by atoms with Gasteiger partial charge in [-0.25, -0.2) is 0 Å². The van der Waals surface area contributed by atoms with E-state index in [9.17, 15) is 0 Å². The molecule has 0 aromatic carbocycles. The van der Waals surface area contributed by atoms with Crippen molar-refractivity contribution in [3.8, 4) is 0 Å². The standard InChI is InChI=1S/C5H12O2Si.7CH4/c1-8-4-6-2-5-3-7-5;;;;;;;/h5H,2-4,8H2,1H3;7*1H4. The summed E-state index contributed by atoms with van der Waals surface area (Å²) in [7, 11) is 0.121. The molecule has 0 spiro atoms. The van der Waals surface area contributed by atoms with Gasteiger partial charge in [-0.15, -0.1) is 0 Å². The van der Waals surface area contributed by atoms with Crippen LogP contribution < -0.4 is 0 Å². The van der Waals surface area contributed by atoms with Crippen LogP contribution >= 0.6 is 0 Å². The molecule has 3 heteroatoms.